The summed E-state index contributed by atoms with van der Waals surface area (Å²) < 4.78 is 10.7. The van der Waals surface area contributed by atoms with Gasteiger partial charge in [0.2, 0.25) is 0 Å². The van der Waals surface area contributed by atoms with Crippen molar-refractivity contribution in [2.75, 3.05) is 7.11 Å². The Labute approximate surface area is 99.5 Å². The lowest BCUT2D eigenvalue weighted by Crippen LogP contribution is -1.92. The van der Waals surface area contributed by atoms with Crippen molar-refractivity contribution in [3.8, 4) is 5.75 Å². The summed E-state index contributed by atoms with van der Waals surface area (Å²) in [5.41, 5.74) is 1.16. The van der Waals surface area contributed by atoms with Gasteiger partial charge in [-0.15, -0.1) is 11.3 Å². The minimum Gasteiger partial charge on any atom is -0.497 e. The van der Waals surface area contributed by atoms with E-state index in [4.69, 9.17) is 9.47 Å². The minimum atomic E-state index is 0.641. The number of methoxy groups -OCH3 is 1. The molecular formula is C13H14O2S. The van der Waals surface area contributed by atoms with Crippen LogP contribution in [0.2, 0.25) is 0 Å². The molecule has 0 amide bonds. The molecule has 0 saturated heterocycles. The van der Waals surface area contributed by atoms with Gasteiger partial charge in [0.1, 0.15) is 5.75 Å². The van der Waals surface area contributed by atoms with Crippen molar-refractivity contribution >= 4 is 11.3 Å². The van der Waals surface area contributed by atoms with E-state index < -0.39 is 0 Å². The monoisotopic (exact) mass is 234 g/mol. The smallest absolute Gasteiger partial charge is 0.118 e. The number of hydrogen-bond donors (Lipinski definition) is 0. The van der Waals surface area contributed by atoms with Crippen LogP contribution in [0.25, 0.3) is 0 Å². The van der Waals surface area contributed by atoms with Gasteiger partial charge >= 0.3 is 0 Å². The van der Waals surface area contributed by atoms with Crippen LogP contribution in [0.4, 0.5) is 0 Å². The highest BCUT2D eigenvalue weighted by molar-refractivity contribution is 7.09. The molecule has 84 valence electrons. The molecule has 0 aliphatic rings. The lowest BCUT2D eigenvalue weighted by molar-refractivity contribution is 0.109. The van der Waals surface area contributed by atoms with E-state index in [1.807, 2.05) is 30.3 Å². The lowest BCUT2D eigenvalue weighted by Gasteiger charge is -2.04. The Bertz CT molecular complexity index is 406. The van der Waals surface area contributed by atoms with Crippen LogP contribution in [0.5, 0.6) is 5.75 Å². The van der Waals surface area contributed by atoms with Crippen molar-refractivity contribution in [2.24, 2.45) is 0 Å². The maximum Gasteiger partial charge on any atom is 0.118 e. The van der Waals surface area contributed by atoms with Crippen LogP contribution in [0.3, 0.4) is 0 Å². The Balaban J connectivity index is 1.81. The SMILES string of the molecule is COc1ccc(COCc2cccs2)cc1. The summed E-state index contributed by atoms with van der Waals surface area (Å²) in [5.74, 6) is 0.877. The highest BCUT2D eigenvalue weighted by Gasteiger charge is 1.96. The minimum absolute atomic E-state index is 0.641. The first kappa shape index (κ1) is 11.2. The topological polar surface area (TPSA) is 18.5 Å². The molecule has 0 N–H and O–H groups in total. The van der Waals surface area contributed by atoms with E-state index in [1.54, 1.807) is 18.4 Å². The van der Waals surface area contributed by atoms with Crippen molar-refractivity contribution in [1.82, 2.24) is 0 Å². The van der Waals surface area contributed by atoms with Gasteiger partial charge in [0.15, 0.2) is 0 Å². The second-order valence-electron chi connectivity index (χ2n) is 3.42. The van der Waals surface area contributed by atoms with Crippen molar-refractivity contribution in [2.45, 2.75) is 13.2 Å². The van der Waals surface area contributed by atoms with Crippen LogP contribution in [0.15, 0.2) is 41.8 Å². The molecule has 0 spiro atoms. The van der Waals surface area contributed by atoms with E-state index in [0.29, 0.717) is 13.2 Å². The molecule has 1 aromatic heterocycles. The fraction of sp³-hybridized carbons (Fsp3) is 0.231. The molecule has 0 aliphatic carbocycles. The third-order valence-corrected chi connectivity index (χ3v) is 3.10. The molecular weight excluding hydrogens is 220 g/mol. The molecule has 1 aromatic carbocycles. The van der Waals surface area contributed by atoms with Gasteiger partial charge in [0.25, 0.3) is 0 Å². The maximum absolute atomic E-state index is 5.61. The Hall–Kier alpha value is -1.32. The summed E-state index contributed by atoms with van der Waals surface area (Å²) in [5, 5.41) is 2.06. The predicted molar refractivity (Wildman–Crippen MR) is 65.8 cm³/mol. The van der Waals surface area contributed by atoms with Gasteiger partial charge in [0.05, 0.1) is 20.3 Å². The van der Waals surface area contributed by atoms with Gasteiger partial charge in [0, 0.05) is 4.88 Å². The first-order valence-electron chi connectivity index (χ1n) is 5.11. The summed E-state index contributed by atoms with van der Waals surface area (Å²) in [6, 6.07) is 12.1. The normalized spacial score (nSPS) is 10.3. The molecule has 2 rings (SSSR count). The van der Waals surface area contributed by atoms with Gasteiger partial charge in [-0.1, -0.05) is 18.2 Å². The van der Waals surface area contributed by atoms with Gasteiger partial charge in [-0.3, -0.25) is 0 Å². The molecule has 0 saturated carbocycles. The first-order valence-corrected chi connectivity index (χ1v) is 5.99. The molecule has 3 heteroatoms. The summed E-state index contributed by atoms with van der Waals surface area (Å²) in [6.45, 7) is 1.32. The second-order valence-corrected chi connectivity index (χ2v) is 4.45. The summed E-state index contributed by atoms with van der Waals surface area (Å²) in [4.78, 5) is 1.26. The van der Waals surface area contributed by atoms with E-state index in [-0.39, 0.29) is 0 Å². The number of ether oxygens (including phenoxy) is 2. The average Bonchev–Trinajstić information content (AvgIpc) is 2.83. The van der Waals surface area contributed by atoms with Crippen molar-refractivity contribution in [1.29, 1.82) is 0 Å². The van der Waals surface area contributed by atoms with Crippen LogP contribution >= 0.6 is 11.3 Å². The predicted octanol–water partition coefficient (Wildman–Crippen LogP) is 3.47. The first-order chi connectivity index (χ1) is 7.88. The van der Waals surface area contributed by atoms with E-state index in [1.165, 1.54) is 4.88 Å². The highest BCUT2D eigenvalue weighted by Crippen LogP contribution is 2.14. The van der Waals surface area contributed by atoms with Crippen LogP contribution in [-0.2, 0) is 18.0 Å². The number of rotatable bonds is 5. The van der Waals surface area contributed by atoms with Crippen molar-refractivity contribution in [3.05, 3.63) is 52.2 Å². The van der Waals surface area contributed by atoms with Gasteiger partial charge in [-0.05, 0) is 29.1 Å². The van der Waals surface area contributed by atoms with E-state index in [9.17, 15) is 0 Å². The van der Waals surface area contributed by atoms with Crippen LogP contribution in [0, 0.1) is 0 Å². The molecule has 0 radical (unpaired) electrons. The fourth-order valence-electron chi connectivity index (χ4n) is 1.39. The van der Waals surface area contributed by atoms with E-state index >= 15 is 0 Å². The molecule has 2 aromatic rings. The maximum atomic E-state index is 5.61. The molecule has 0 atom stereocenters. The van der Waals surface area contributed by atoms with Gasteiger partial charge < -0.3 is 9.47 Å². The fourth-order valence-corrected chi connectivity index (χ4v) is 2.03. The zero-order valence-electron chi connectivity index (χ0n) is 9.18. The number of benzene rings is 1. The summed E-state index contributed by atoms with van der Waals surface area (Å²) in [6.07, 6.45) is 0. The van der Waals surface area contributed by atoms with Crippen molar-refractivity contribution < 1.29 is 9.47 Å². The summed E-state index contributed by atoms with van der Waals surface area (Å²) >= 11 is 1.72. The van der Waals surface area contributed by atoms with Crippen LogP contribution < -0.4 is 4.74 Å². The Morgan fingerprint density at radius 2 is 1.88 bits per heavy atom. The highest BCUT2D eigenvalue weighted by atomic mass is 32.1. The van der Waals surface area contributed by atoms with Crippen LogP contribution in [-0.4, -0.2) is 7.11 Å². The Kier molecular flexibility index (Phi) is 3.97. The molecule has 0 fully saturated rings. The standard InChI is InChI=1S/C13H14O2S/c1-14-12-6-4-11(5-7-12)9-15-10-13-3-2-8-16-13/h2-8H,9-10H2,1H3. The zero-order chi connectivity index (χ0) is 11.2. The second kappa shape index (κ2) is 5.68. The zero-order valence-corrected chi connectivity index (χ0v) is 10.00. The Morgan fingerprint density at radius 3 is 2.50 bits per heavy atom. The van der Waals surface area contributed by atoms with E-state index in [0.717, 1.165) is 11.3 Å². The van der Waals surface area contributed by atoms with Crippen molar-refractivity contribution in [3.63, 3.8) is 0 Å². The quantitative estimate of drug-likeness (QED) is 0.788. The third kappa shape index (κ3) is 3.08. The van der Waals surface area contributed by atoms with Gasteiger partial charge in [-0.2, -0.15) is 0 Å². The largest absolute Gasteiger partial charge is 0.497 e. The molecule has 2 nitrogen and oxygen atoms in total. The van der Waals surface area contributed by atoms with Crippen LogP contribution in [0.1, 0.15) is 10.4 Å². The van der Waals surface area contributed by atoms with Gasteiger partial charge in [-0.25, -0.2) is 0 Å². The molecule has 16 heavy (non-hydrogen) atoms. The average molecular weight is 234 g/mol. The molecule has 0 unspecified atom stereocenters. The van der Waals surface area contributed by atoms with E-state index in [2.05, 4.69) is 11.4 Å². The lowest BCUT2D eigenvalue weighted by atomic mass is 10.2. The summed E-state index contributed by atoms with van der Waals surface area (Å²) in [7, 11) is 1.67. The Morgan fingerprint density at radius 1 is 1.06 bits per heavy atom. The number of thiophene rings is 1. The molecule has 0 aliphatic heterocycles. The third-order valence-electron chi connectivity index (χ3n) is 2.25. The molecule has 0 bridgehead atoms. The number of hydrogen-bond acceptors (Lipinski definition) is 3. The molecule has 1 heterocycles.